The van der Waals surface area contributed by atoms with E-state index in [2.05, 4.69) is 15.4 Å². The molecule has 0 bridgehead atoms. The molecule has 1 fully saturated rings. The largest absolute Gasteiger partial charge is 0.480 e. The molecular weight excluding hydrogens is 250 g/mol. The molecule has 1 aromatic heterocycles. The molecule has 8 nitrogen and oxygen atoms in total. The molecule has 1 heterocycles. The SMILES string of the molecule is Cn1cnc(CCNC(=O)N(CC(=O)O)C2CC2)n1. The summed E-state index contributed by atoms with van der Waals surface area (Å²) < 4.78 is 1.60. The number of nitrogens with one attached hydrogen (secondary N) is 1. The van der Waals surface area contributed by atoms with Crippen molar-refractivity contribution < 1.29 is 14.7 Å². The van der Waals surface area contributed by atoms with Gasteiger partial charge in [-0.2, -0.15) is 5.10 Å². The first-order valence-corrected chi connectivity index (χ1v) is 6.17. The molecule has 0 unspecified atom stereocenters. The molecule has 8 heteroatoms. The number of carbonyl (C=O) groups is 2. The first kappa shape index (κ1) is 13.3. The van der Waals surface area contributed by atoms with Gasteiger partial charge in [0.05, 0.1) is 0 Å². The molecule has 1 aliphatic rings. The number of rotatable bonds is 6. The Balaban J connectivity index is 1.77. The highest BCUT2D eigenvalue weighted by molar-refractivity contribution is 5.80. The second-order valence-electron chi connectivity index (χ2n) is 4.57. The van der Waals surface area contributed by atoms with Gasteiger partial charge in [-0.15, -0.1) is 0 Å². The summed E-state index contributed by atoms with van der Waals surface area (Å²) >= 11 is 0. The lowest BCUT2D eigenvalue weighted by Gasteiger charge is -2.20. The highest BCUT2D eigenvalue weighted by atomic mass is 16.4. The number of carboxylic acid groups (broad SMARTS) is 1. The van der Waals surface area contributed by atoms with Gasteiger partial charge in [0.1, 0.15) is 12.9 Å². The monoisotopic (exact) mass is 267 g/mol. The van der Waals surface area contributed by atoms with E-state index in [9.17, 15) is 9.59 Å². The minimum absolute atomic E-state index is 0.0732. The lowest BCUT2D eigenvalue weighted by atomic mass is 10.4. The zero-order valence-corrected chi connectivity index (χ0v) is 10.7. The van der Waals surface area contributed by atoms with Crippen molar-refractivity contribution in [2.75, 3.05) is 13.1 Å². The number of hydrogen-bond donors (Lipinski definition) is 2. The number of nitrogens with zero attached hydrogens (tertiary/aromatic N) is 4. The summed E-state index contributed by atoms with van der Waals surface area (Å²) in [5, 5.41) is 15.6. The molecule has 0 saturated heterocycles. The van der Waals surface area contributed by atoms with Gasteiger partial charge >= 0.3 is 12.0 Å². The van der Waals surface area contributed by atoms with E-state index < -0.39 is 5.97 Å². The summed E-state index contributed by atoms with van der Waals surface area (Å²) in [6.07, 6.45) is 3.88. The molecule has 0 aromatic carbocycles. The van der Waals surface area contributed by atoms with E-state index in [-0.39, 0.29) is 18.6 Å². The normalized spacial score (nSPS) is 14.2. The average Bonchev–Trinajstić information content (AvgIpc) is 3.10. The highest BCUT2D eigenvalue weighted by Crippen LogP contribution is 2.26. The van der Waals surface area contributed by atoms with Crippen LogP contribution in [-0.4, -0.2) is 55.9 Å². The number of carbonyl (C=O) groups excluding carboxylic acids is 1. The number of carboxylic acids is 1. The van der Waals surface area contributed by atoms with Gasteiger partial charge < -0.3 is 15.3 Å². The maximum absolute atomic E-state index is 11.9. The molecule has 0 aliphatic heterocycles. The van der Waals surface area contributed by atoms with E-state index in [1.165, 1.54) is 4.90 Å². The van der Waals surface area contributed by atoms with Crippen LogP contribution in [0.2, 0.25) is 0 Å². The minimum Gasteiger partial charge on any atom is -0.480 e. The van der Waals surface area contributed by atoms with Crippen LogP contribution in [0.4, 0.5) is 4.79 Å². The highest BCUT2D eigenvalue weighted by Gasteiger charge is 2.33. The second kappa shape index (κ2) is 5.68. The first-order valence-electron chi connectivity index (χ1n) is 6.17. The van der Waals surface area contributed by atoms with Crippen molar-refractivity contribution in [2.24, 2.45) is 7.05 Å². The van der Waals surface area contributed by atoms with Crippen LogP contribution in [-0.2, 0) is 18.3 Å². The van der Waals surface area contributed by atoms with Crippen molar-refractivity contribution in [2.45, 2.75) is 25.3 Å². The molecule has 0 atom stereocenters. The molecule has 1 saturated carbocycles. The van der Waals surface area contributed by atoms with E-state index in [4.69, 9.17) is 5.11 Å². The van der Waals surface area contributed by atoms with E-state index in [1.807, 2.05) is 0 Å². The third-order valence-electron chi connectivity index (χ3n) is 2.83. The van der Waals surface area contributed by atoms with E-state index in [0.29, 0.717) is 18.8 Å². The molecule has 1 aliphatic carbocycles. The van der Waals surface area contributed by atoms with Crippen molar-refractivity contribution in [1.82, 2.24) is 25.0 Å². The van der Waals surface area contributed by atoms with E-state index in [0.717, 1.165) is 12.8 Å². The van der Waals surface area contributed by atoms with Crippen molar-refractivity contribution in [3.8, 4) is 0 Å². The molecule has 19 heavy (non-hydrogen) atoms. The third kappa shape index (κ3) is 3.94. The van der Waals surface area contributed by atoms with Crippen molar-refractivity contribution >= 4 is 12.0 Å². The Morgan fingerprint density at radius 3 is 2.84 bits per heavy atom. The van der Waals surface area contributed by atoms with Crippen LogP contribution in [0.15, 0.2) is 6.33 Å². The Morgan fingerprint density at radius 2 is 2.32 bits per heavy atom. The zero-order chi connectivity index (χ0) is 13.8. The fourth-order valence-corrected chi connectivity index (χ4v) is 1.78. The Kier molecular flexibility index (Phi) is 3.98. The van der Waals surface area contributed by atoms with E-state index >= 15 is 0 Å². The lowest BCUT2D eigenvalue weighted by molar-refractivity contribution is -0.137. The molecule has 2 rings (SSSR count). The van der Waals surface area contributed by atoms with Crippen LogP contribution < -0.4 is 5.32 Å². The van der Waals surface area contributed by atoms with Gasteiger partial charge in [-0.1, -0.05) is 0 Å². The third-order valence-corrected chi connectivity index (χ3v) is 2.83. The van der Waals surface area contributed by atoms with Crippen molar-refractivity contribution in [3.63, 3.8) is 0 Å². The summed E-state index contributed by atoms with van der Waals surface area (Å²) in [6, 6.07) is -0.259. The van der Waals surface area contributed by atoms with Gasteiger partial charge in [0.2, 0.25) is 0 Å². The molecule has 0 radical (unpaired) electrons. The van der Waals surface area contributed by atoms with Crippen LogP contribution >= 0.6 is 0 Å². The predicted molar refractivity (Wildman–Crippen MR) is 65.5 cm³/mol. The van der Waals surface area contributed by atoms with Gasteiger partial charge in [-0.3, -0.25) is 9.48 Å². The number of aromatic nitrogens is 3. The standard InChI is InChI=1S/C11H17N5O3/c1-15-7-13-9(14-15)4-5-12-11(19)16(6-10(17)18)8-2-3-8/h7-8H,2-6H2,1H3,(H,12,19)(H,17,18). The average molecular weight is 267 g/mol. The topological polar surface area (TPSA) is 100 Å². The van der Waals surface area contributed by atoms with Gasteiger partial charge in [-0.25, -0.2) is 9.78 Å². The summed E-state index contributed by atoms with van der Waals surface area (Å²) in [6.45, 7) is 0.143. The molecule has 1 aromatic rings. The molecular formula is C11H17N5O3. The zero-order valence-electron chi connectivity index (χ0n) is 10.7. The second-order valence-corrected chi connectivity index (χ2v) is 4.57. The number of amides is 2. The molecule has 0 spiro atoms. The van der Waals surface area contributed by atoms with E-state index in [1.54, 1.807) is 18.1 Å². The van der Waals surface area contributed by atoms with Crippen LogP contribution in [0.5, 0.6) is 0 Å². The van der Waals surface area contributed by atoms with Gasteiger partial charge in [0.15, 0.2) is 5.82 Å². The fraction of sp³-hybridized carbons (Fsp3) is 0.636. The van der Waals surface area contributed by atoms with Crippen molar-refractivity contribution in [1.29, 1.82) is 0 Å². The Bertz CT molecular complexity index is 469. The van der Waals surface area contributed by atoms with Crippen LogP contribution in [0, 0.1) is 0 Å². The Labute approximate surface area is 110 Å². The first-order chi connectivity index (χ1) is 9.06. The van der Waals surface area contributed by atoms with Crippen LogP contribution in [0.25, 0.3) is 0 Å². The predicted octanol–water partition coefficient (Wildman–Crippen LogP) is -0.384. The molecule has 2 N–H and O–H groups in total. The Morgan fingerprint density at radius 1 is 1.58 bits per heavy atom. The number of urea groups is 1. The summed E-state index contributed by atoms with van der Waals surface area (Å²) in [4.78, 5) is 28.0. The maximum Gasteiger partial charge on any atom is 0.323 e. The fourth-order valence-electron chi connectivity index (χ4n) is 1.78. The van der Waals surface area contributed by atoms with Gasteiger partial charge in [0.25, 0.3) is 0 Å². The molecule has 104 valence electrons. The van der Waals surface area contributed by atoms with Crippen molar-refractivity contribution in [3.05, 3.63) is 12.2 Å². The number of hydrogen-bond acceptors (Lipinski definition) is 4. The lowest BCUT2D eigenvalue weighted by Crippen LogP contribution is -2.44. The number of aliphatic carboxylic acids is 1. The number of aryl methyl sites for hydroxylation is 1. The summed E-state index contributed by atoms with van der Waals surface area (Å²) in [5.41, 5.74) is 0. The summed E-state index contributed by atoms with van der Waals surface area (Å²) in [7, 11) is 1.77. The quantitative estimate of drug-likeness (QED) is 0.731. The summed E-state index contributed by atoms with van der Waals surface area (Å²) in [5.74, 6) is -0.340. The smallest absolute Gasteiger partial charge is 0.323 e. The maximum atomic E-state index is 11.9. The Hall–Kier alpha value is -2.12. The molecule has 2 amide bonds. The minimum atomic E-state index is -0.992. The van der Waals surface area contributed by atoms with Gasteiger partial charge in [0, 0.05) is 26.1 Å². The van der Waals surface area contributed by atoms with Crippen LogP contribution in [0.3, 0.4) is 0 Å². The van der Waals surface area contributed by atoms with Gasteiger partial charge in [-0.05, 0) is 12.8 Å². The van der Waals surface area contributed by atoms with Crippen LogP contribution in [0.1, 0.15) is 18.7 Å².